The van der Waals surface area contributed by atoms with Gasteiger partial charge in [-0.25, -0.2) is 0 Å². The van der Waals surface area contributed by atoms with Gasteiger partial charge in [-0.15, -0.1) is 12.8 Å². The molecule has 1 aliphatic carbocycles. The Balaban J connectivity index is 2.40. The molecule has 0 bridgehead atoms. The first-order valence-electron chi connectivity index (χ1n) is 7.41. The molecule has 0 amide bonds. The second kappa shape index (κ2) is 9.03. The summed E-state index contributed by atoms with van der Waals surface area (Å²) in [6.45, 7) is 2.84. The Bertz CT molecular complexity index is 293. The zero-order chi connectivity index (χ0) is 14.0. The van der Waals surface area contributed by atoms with Crippen LogP contribution in [0.4, 0.5) is 0 Å². The van der Waals surface area contributed by atoms with E-state index in [1.165, 1.54) is 25.7 Å². The van der Waals surface area contributed by atoms with Gasteiger partial charge in [0.1, 0.15) is 13.2 Å². The van der Waals surface area contributed by atoms with Gasteiger partial charge >= 0.3 is 0 Å². The van der Waals surface area contributed by atoms with Crippen LogP contribution >= 0.6 is 0 Å². The van der Waals surface area contributed by atoms with E-state index in [9.17, 15) is 0 Å². The van der Waals surface area contributed by atoms with Crippen molar-refractivity contribution >= 4 is 0 Å². The molecular weight excluding hydrogens is 236 g/mol. The quantitative estimate of drug-likeness (QED) is 0.377. The van der Waals surface area contributed by atoms with Crippen LogP contribution in [0, 0.1) is 30.6 Å². The summed E-state index contributed by atoms with van der Waals surface area (Å²) in [7, 11) is 0. The van der Waals surface area contributed by atoms with Crippen LogP contribution in [0.2, 0.25) is 0 Å². The van der Waals surface area contributed by atoms with E-state index in [2.05, 4.69) is 18.8 Å². The Morgan fingerprint density at radius 1 is 1.05 bits per heavy atom. The van der Waals surface area contributed by atoms with Gasteiger partial charge in [0.25, 0.3) is 0 Å². The molecule has 1 saturated carbocycles. The summed E-state index contributed by atoms with van der Waals surface area (Å²) in [4.78, 5) is 0. The maximum absolute atomic E-state index is 5.74. The summed E-state index contributed by atoms with van der Waals surface area (Å²) in [5.41, 5.74) is 0. The SMILES string of the molecule is C#CCOC1(OCC#C)CCC(CCCCC)CC1. The third-order valence-corrected chi connectivity index (χ3v) is 3.92. The first kappa shape index (κ1) is 16.1. The predicted molar refractivity (Wildman–Crippen MR) is 78.4 cm³/mol. The molecule has 0 atom stereocenters. The summed E-state index contributed by atoms with van der Waals surface area (Å²) in [6.07, 6.45) is 20.0. The Kier molecular flexibility index (Phi) is 7.65. The minimum Gasteiger partial charge on any atom is -0.337 e. The molecule has 0 spiro atoms. The van der Waals surface area contributed by atoms with Crippen molar-refractivity contribution in [3.8, 4) is 24.7 Å². The molecule has 1 rings (SSSR count). The van der Waals surface area contributed by atoms with Gasteiger partial charge < -0.3 is 9.47 Å². The molecule has 2 nitrogen and oxygen atoms in total. The fourth-order valence-corrected chi connectivity index (χ4v) is 2.77. The Labute approximate surface area is 118 Å². The number of unbranched alkanes of at least 4 members (excludes halogenated alkanes) is 2. The first-order chi connectivity index (χ1) is 9.26. The molecular formula is C17H26O2. The van der Waals surface area contributed by atoms with E-state index in [1.807, 2.05) is 0 Å². The number of hydrogen-bond acceptors (Lipinski definition) is 2. The number of hydrogen-bond donors (Lipinski definition) is 0. The zero-order valence-electron chi connectivity index (χ0n) is 12.1. The molecule has 106 valence electrons. The van der Waals surface area contributed by atoms with E-state index in [-0.39, 0.29) is 0 Å². The Hall–Kier alpha value is -0.960. The summed E-state index contributed by atoms with van der Waals surface area (Å²) in [6, 6.07) is 0. The summed E-state index contributed by atoms with van der Waals surface area (Å²) in [5.74, 6) is 5.31. The highest BCUT2D eigenvalue weighted by molar-refractivity contribution is 4.89. The van der Waals surface area contributed by atoms with Crippen molar-refractivity contribution in [3.63, 3.8) is 0 Å². The molecule has 0 unspecified atom stereocenters. The largest absolute Gasteiger partial charge is 0.337 e. The van der Waals surface area contributed by atoms with E-state index >= 15 is 0 Å². The van der Waals surface area contributed by atoms with Crippen molar-refractivity contribution in [2.45, 2.75) is 64.1 Å². The van der Waals surface area contributed by atoms with Gasteiger partial charge in [0.15, 0.2) is 5.79 Å². The van der Waals surface area contributed by atoms with Crippen LogP contribution < -0.4 is 0 Å². The monoisotopic (exact) mass is 262 g/mol. The Morgan fingerprint density at radius 3 is 2.11 bits per heavy atom. The predicted octanol–water partition coefficient (Wildman–Crippen LogP) is 3.75. The molecule has 0 heterocycles. The number of rotatable bonds is 8. The highest BCUT2D eigenvalue weighted by Crippen LogP contribution is 2.37. The van der Waals surface area contributed by atoms with Gasteiger partial charge in [-0.05, 0) is 18.8 Å². The smallest absolute Gasteiger partial charge is 0.170 e. The first-order valence-corrected chi connectivity index (χ1v) is 7.41. The van der Waals surface area contributed by atoms with E-state index in [0.717, 1.165) is 31.6 Å². The molecule has 0 saturated heterocycles. The van der Waals surface area contributed by atoms with E-state index in [0.29, 0.717) is 13.2 Å². The van der Waals surface area contributed by atoms with E-state index in [4.69, 9.17) is 22.3 Å². The minimum absolute atomic E-state index is 0.297. The highest BCUT2D eigenvalue weighted by atomic mass is 16.7. The minimum atomic E-state index is -0.528. The lowest BCUT2D eigenvalue weighted by Crippen LogP contribution is -2.40. The van der Waals surface area contributed by atoms with Gasteiger partial charge in [0, 0.05) is 12.8 Å². The average molecular weight is 262 g/mol. The normalized spacial score (nSPS) is 18.7. The third kappa shape index (κ3) is 5.68. The van der Waals surface area contributed by atoms with Gasteiger partial charge in [-0.3, -0.25) is 0 Å². The molecule has 19 heavy (non-hydrogen) atoms. The van der Waals surface area contributed by atoms with Crippen LogP contribution in [0.5, 0.6) is 0 Å². The van der Waals surface area contributed by atoms with Crippen LogP contribution in [0.3, 0.4) is 0 Å². The molecule has 0 N–H and O–H groups in total. The molecule has 1 fully saturated rings. The summed E-state index contributed by atoms with van der Waals surface area (Å²) >= 11 is 0. The van der Waals surface area contributed by atoms with Gasteiger partial charge in [0.05, 0.1) is 0 Å². The second-order valence-corrected chi connectivity index (χ2v) is 5.34. The second-order valence-electron chi connectivity index (χ2n) is 5.34. The highest BCUT2D eigenvalue weighted by Gasteiger charge is 2.36. The topological polar surface area (TPSA) is 18.5 Å². The molecule has 1 aliphatic rings. The zero-order valence-corrected chi connectivity index (χ0v) is 12.1. The molecule has 0 radical (unpaired) electrons. The van der Waals surface area contributed by atoms with E-state index in [1.54, 1.807) is 0 Å². The molecule has 0 aromatic heterocycles. The fraction of sp³-hybridized carbons (Fsp3) is 0.765. The summed E-state index contributed by atoms with van der Waals surface area (Å²) < 4.78 is 11.5. The van der Waals surface area contributed by atoms with Crippen molar-refractivity contribution in [2.75, 3.05) is 13.2 Å². The van der Waals surface area contributed by atoms with Gasteiger partial charge in [-0.1, -0.05) is 44.4 Å². The van der Waals surface area contributed by atoms with Crippen molar-refractivity contribution in [2.24, 2.45) is 5.92 Å². The van der Waals surface area contributed by atoms with Crippen LogP contribution in [-0.4, -0.2) is 19.0 Å². The van der Waals surface area contributed by atoms with Gasteiger partial charge in [-0.2, -0.15) is 0 Å². The average Bonchev–Trinajstić information content (AvgIpc) is 2.45. The van der Waals surface area contributed by atoms with Crippen LogP contribution in [0.1, 0.15) is 58.3 Å². The van der Waals surface area contributed by atoms with Crippen LogP contribution in [0.25, 0.3) is 0 Å². The van der Waals surface area contributed by atoms with Crippen molar-refractivity contribution < 1.29 is 9.47 Å². The molecule has 0 aromatic carbocycles. The lowest BCUT2D eigenvalue weighted by atomic mass is 9.82. The Morgan fingerprint density at radius 2 is 1.63 bits per heavy atom. The number of terminal acetylenes is 2. The molecule has 0 aromatic rings. The third-order valence-electron chi connectivity index (χ3n) is 3.92. The van der Waals surface area contributed by atoms with E-state index < -0.39 is 5.79 Å². The lowest BCUT2D eigenvalue weighted by Gasteiger charge is -2.39. The van der Waals surface area contributed by atoms with Crippen molar-refractivity contribution in [1.29, 1.82) is 0 Å². The summed E-state index contributed by atoms with van der Waals surface area (Å²) in [5, 5.41) is 0. The maximum atomic E-state index is 5.74. The standard InChI is InChI=1S/C17H26O2/c1-4-7-8-9-16-10-12-17(13-11-16,18-14-5-2)19-15-6-3/h2-3,16H,4,7-15H2,1H3. The maximum Gasteiger partial charge on any atom is 0.170 e. The van der Waals surface area contributed by atoms with Crippen LogP contribution in [0.15, 0.2) is 0 Å². The number of ether oxygens (including phenoxy) is 2. The van der Waals surface area contributed by atoms with Crippen LogP contribution in [-0.2, 0) is 9.47 Å². The fourth-order valence-electron chi connectivity index (χ4n) is 2.77. The van der Waals surface area contributed by atoms with Gasteiger partial charge in [0.2, 0.25) is 0 Å². The van der Waals surface area contributed by atoms with Crippen molar-refractivity contribution in [3.05, 3.63) is 0 Å². The van der Waals surface area contributed by atoms with Crippen molar-refractivity contribution in [1.82, 2.24) is 0 Å². The molecule has 2 heteroatoms. The molecule has 0 aliphatic heterocycles. The lowest BCUT2D eigenvalue weighted by molar-refractivity contribution is -0.243.